The van der Waals surface area contributed by atoms with Crippen molar-refractivity contribution in [2.24, 2.45) is 0 Å². The van der Waals surface area contributed by atoms with E-state index in [1.807, 2.05) is 6.08 Å². The second kappa shape index (κ2) is 63.4. The summed E-state index contributed by atoms with van der Waals surface area (Å²) in [6.45, 7) is 4.32. The van der Waals surface area contributed by atoms with Crippen LogP contribution in [-0.2, 0) is 23.8 Å². The highest BCUT2D eigenvalue weighted by molar-refractivity contribution is 5.76. The summed E-state index contributed by atoms with van der Waals surface area (Å²) < 4.78 is 16.7. The molecule has 0 radical (unpaired) electrons. The van der Waals surface area contributed by atoms with Crippen LogP contribution in [0.5, 0.6) is 0 Å². The molecule has 0 spiro atoms. The van der Waals surface area contributed by atoms with Crippen LogP contribution in [0.3, 0.4) is 0 Å². The lowest BCUT2D eigenvalue weighted by atomic mass is 9.99. The highest BCUT2D eigenvalue weighted by Crippen LogP contribution is 2.23. The van der Waals surface area contributed by atoms with Crippen molar-refractivity contribution >= 4 is 11.9 Å². The molecule has 6 N–H and O–H groups in total. The number of aliphatic hydroxyl groups excluding tert-OH is 5. The number of nitrogens with one attached hydrogen (secondary N) is 1. The third-order valence-electron chi connectivity index (χ3n) is 17.5. The monoisotopic (exact) mass is 1200 g/mol. The van der Waals surface area contributed by atoms with E-state index in [0.29, 0.717) is 19.4 Å². The van der Waals surface area contributed by atoms with E-state index in [1.165, 1.54) is 270 Å². The average Bonchev–Trinajstić information content (AvgIpc) is 3.60. The summed E-state index contributed by atoms with van der Waals surface area (Å²) in [5, 5.41) is 54.3. The van der Waals surface area contributed by atoms with Gasteiger partial charge < -0.3 is 45.1 Å². The third-order valence-corrected chi connectivity index (χ3v) is 17.5. The maximum absolute atomic E-state index is 13.0. The second-order valence-electron chi connectivity index (χ2n) is 25.7. The number of ether oxygens (including phenoxy) is 3. The van der Waals surface area contributed by atoms with Gasteiger partial charge in [0.15, 0.2) is 6.29 Å². The Kier molecular flexibility index (Phi) is 60.4. The molecule has 0 aromatic heterocycles. The van der Waals surface area contributed by atoms with Gasteiger partial charge in [-0.25, -0.2) is 0 Å². The summed E-state index contributed by atoms with van der Waals surface area (Å²) in [6, 6.07) is -0.805. The van der Waals surface area contributed by atoms with Crippen LogP contribution in [0.4, 0.5) is 0 Å². The summed E-state index contributed by atoms with van der Waals surface area (Å²) >= 11 is 0. The Hall–Kier alpha value is -2.12. The molecule has 0 bridgehead atoms. The van der Waals surface area contributed by atoms with Crippen molar-refractivity contribution < 1.29 is 49.3 Å². The maximum Gasteiger partial charge on any atom is 0.305 e. The fourth-order valence-electron chi connectivity index (χ4n) is 11.7. The smallest absolute Gasteiger partial charge is 0.305 e. The standard InChI is InChI=1S/C74H139NO10/c1-3-5-7-9-11-13-14-15-16-32-36-39-42-46-50-54-58-62-70(79)83-63-59-55-51-47-43-40-37-34-31-29-27-25-23-21-19-17-18-20-22-24-26-28-30-33-35-38-41-45-49-53-57-61-69(78)75-66(67(77)60-56-52-48-44-12-10-8-6-4-2)65-84-74-73(82)72(81)71(80)68(64-76)85-74/h11,13,15-16,56,60,66-68,71-74,76-77,80-82H,3-10,12,14,17-55,57-59,61-65H2,1-2H3,(H,75,78)/b13-11-,16-15-,60-56+. The number of amides is 1. The normalized spacial score (nSPS) is 18.1. The molecule has 7 unspecified atom stereocenters. The van der Waals surface area contributed by atoms with Crippen molar-refractivity contribution in [3.63, 3.8) is 0 Å². The molecule has 11 nitrogen and oxygen atoms in total. The largest absolute Gasteiger partial charge is 0.466 e. The molecule has 0 aromatic rings. The molecule has 85 heavy (non-hydrogen) atoms. The van der Waals surface area contributed by atoms with Gasteiger partial charge in [-0.15, -0.1) is 0 Å². The van der Waals surface area contributed by atoms with Gasteiger partial charge in [-0.2, -0.15) is 0 Å². The first-order valence-electron chi connectivity index (χ1n) is 36.8. The van der Waals surface area contributed by atoms with Gasteiger partial charge in [0.1, 0.15) is 24.4 Å². The Balaban J connectivity index is 1.87. The van der Waals surface area contributed by atoms with Crippen molar-refractivity contribution in [2.75, 3.05) is 19.8 Å². The molecular weight excluding hydrogens is 1060 g/mol. The molecule has 11 heteroatoms. The van der Waals surface area contributed by atoms with Crippen molar-refractivity contribution in [3.8, 4) is 0 Å². The van der Waals surface area contributed by atoms with Crippen molar-refractivity contribution in [2.45, 2.75) is 403 Å². The first-order chi connectivity index (χ1) is 41.7. The van der Waals surface area contributed by atoms with E-state index < -0.39 is 49.5 Å². The molecule has 1 rings (SSSR count). The van der Waals surface area contributed by atoms with Crippen molar-refractivity contribution in [3.05, 3.63) is 36.5 Å². The van der Waals surface area contributed by atoms with Crippen molar-refractivity contribution in [1.29, 1.82) is 0 Å². The lowest BCUT2D eigenvalue weighted by molar-refractivity contribution is -0.302. The lowest BCUT2D eigenvalue weighted by Gasteiger charge is -2.40. The topological polar surface area (TPSA) is 175 Å². The predicted octanol–water partition coefficient (Wildman–Crippen LogP) is 19.0. The van der Waals surface area contributed by atoms with Crippen LogP contribution in [0.1, 0.15) is 361 Å². The van der Waals surface area contributed by atoms with E-state index in [-0.39, 0.29) is 18.5 Å². The van der Waals surface area contributed by atoms with Crippen LogP contribution in [-0.4, -0.2) is 100 Å². The van der Waals surface area contributed by atoms with Gasteiger partial charge in [-0.1, -0.05) is 320 Å². The number of aliphatic hydroxyl groups is 5. The molecular formula is C74H139NO10. The summed E-state index contributed by atoms with van der Waals surface area (Å²) in [6.07, 6.45) is 71.7. The van der Waals surface area contributed by atoms with Gasteiger partial charge in [0.25, 0.3) is 0 Å². The van der Waals surface area contributed by atoms with E-state index in [4.69, 9.17) is 14.2 Å². The Morgan fingerprint density at radius 3 is 1.21 bits per heavy atom. The first kappa shape index (κ1) is 80.9. The van der Waals surface area contributed by atoms with E-state index in [9.17, 15) is 35.1 Å². The number of carbonyl (C=O) groups is 2. The van der Waals surface area contributed by atoms with Gasteiger partial charge in [-0.05, 0) is 64.2 Å². The zero-order valence-electron chi connectivity index (χ0n) is 55.6. The van der Waals surface area contributed by atoms with E-state index >= 15 is 0 Å². The lowest BCUT2D eigenvalue weighted by Crippen LogP contribution is -2.60. The molecule has 1 heterocycles. The fourth-order valence-corrected chi connectivity index (χ4v) is 11.7. The first-order valence-corrected chi connectivity index (χ1v) is 36.8. The molecule has 1 aliphatic rings. The summed E-state index contributed by atoms with van der Waals surface area (Å²) in [5.74, 6) is -0.173. The van der Waals surface area contributed by atoms with Crippen LogP contribution in [0, 0.1) is 0 Å². The number of hydrogen-bond acceptors (Lipinski definition) is 10. The van der Waals surface area contributed by atoms with E-state index in [1.54, 1.807) is 6.08 Å². The minimum absolute atomic E-state index is 0.00528. The summed E-state index contributed by atoms with van der Waals surface area (Å²) in [7, 11) is 0. The third kappa shape index (κ3) is 52.4. The number of carbonyl (C=O) groups excluding carboxylic acids is 2. The summed E-state index contributed by atoms with van der Waals surface area (Å²) in [5.41, 5.74) is 0. The highest BCUT2D eigenvalue weighted by atomic mass is 16.7. The molecule has 1 saturated heterocycles. The molecule has 7 atom stereocenters. The minimum atomic E-state index is -1.57. The number of rotatable bonds is 65. The molecule has 0 aromatic carbocycles. The molecule has 1 amide bonds. The molecule has 500 valence electrons. The molecule has 1 fully saturated rings. The molecule has 1 aliphatic heterocycles. The zero-order valence-corrected chi connectivity index (χ0v) is 55.6. The van der Waals surface area contributed by atoms with E-state index in [0.717, 1.165) is 64.2 Å². The second-order valence-corrected chi connectivity index (χ2v) is 25.7. The SMILES string of the molecule is CCCCC/C=C\C/C=C\CCCCCCCCCC(=O)OCCCCCCCCCCCCCCCCCCCCCCCCCCCCCCCCCC(=O)NC(COC1OC(CO)C(O)C(O)C1O)C(O)/C=C/CCCCCCCCC. The maximum atomic E-state index is 13.0. The van der Waals surface area contributed by atoms with Crippen molar-refractivity contribution in [1.82, 2.24) is 5.32 Å². The Morgan fingerprint density at radius 1 is 0.435 bits per heavy atom. The number of hydrogen-bond donors (Lipinski definition) is 6. The van der Waals surface area contributed by atoms with Crippen LogP contribution >= 0.6 is 0 Å². The van der Waals surface area contributed by atoms with Gasteiger partial charge in [-0.3, -0.25) is 9.59 Å². The van der Waals surface area contributed by atoms with Gasteiger partial charge >= 0.3 is 5.97 Å². The van der Waals surface area contributed by atoms with Crippen LogP contribution < -0.4 is 5.32 Å². The van der Waals surface area contributed by atoms with Gasteiger partial charge in [0.2, 0.25) is 5.91 Å². The highest BCUT2D eigenvalue weighted by Gasteiger charge is 2.44. The minimum Gasteiger partial charge on any atom is -0.466 e. The van der Waals surface area contributed by atoms with Crippen LogP contribution in [0.2, 0.25) is 0 Å². The van der Waals surface area contributed by atoms with Crippen LogP contribution in [0.25, 0.3) is 0 Å². The molecule has 0 saturated carbocycles. The fraction of sp³-hybridized carbons (Fsp3) is 0.892. The number of unbranched alkanes of at least 4 members (excludes halogenated alkanes) is 47. The Labute approximate surface area is 523 Å². The zero-order chi connectivity index (χ0) is 61.6. The molecule has 0 aliphatic carbocycles. The number of esters is 1. The quantitative estimate of drug-likeness (QED) is 0.0195. The van der Waals surface area contributed by atoms with Crippen LogP contribution in [0.15, 0.2) is 36.5 Å². The van der Waals surface area contributed by atoms with E-state index in [2.05, 4.69) is 43.5 Å². The van der Waals surface area contributed by atoms with Gasteiger partial charge in [0, 0.05) is 12.8 Å². The Morgan fingerprint density at radius 2 is 0.788 bits per heavy atom. The van der Waals surface area contributed by atoms with Gasteiger partial charge in [0.05, 0.1) is 32.0 Å². The average molecular weight is 1200 g/mol. The summed E-state index contributed by atoms with van der Waals surface area (Å²) in [4.78, 5) is 25.1. The predicted molar refractivity (Wildman–Crippen MR) is 357 cm³/mol. The Bertz CT molecular complexity index is 1510. The number of allylic oxidation sites excluding steroid dienone is 5.